The van der Waals surface area contributed by atoms with E-state index in [1.54, 1.807) is 13.8 Å². The molecule has 1 aromatic rings. The first-order valence-corrected chi connectivity index (χ1v) is 6.12. The Kier molecular flexibility index (Phi) is 3.40. The lowest BCUT2D eigenvalue weighted by Crippen LogP contribution is -2.22. The van der Waals surface area contributed by atoms with Crippen LogP contribution < -0.4 is 4.74 Å². The molecule has 0 amide bonds. The van der Waals surface area contributed by atoms with E-state index in [1.807, 2.05) is 18.2 Å². The van der Waals surface area contributed by atoms with Crippen molar-refractivity contribution in [3.05, 3.63) is 29.3 Å². The molecule has 1 aliphatic rings. The number of benzene rings is 1. The van der Waals surface area contributed by atoms with E-state index in [0.29, 0.717) is 13.0 Å². The van der Waals surface area contributed by atoms with E-state index >= 15 is 0 Å². The van der Waals surface area contributed by atoms with Gasteiger partial charge in [0.25, 0.3) is 0 Å². The molecule has 0 saturated carbocycles. The molecular weight excluding hydrogens is 216 g/mol. The Morgan fingerprint density at radius 2 is 2.18 bits per heavy atom. The van der Waals surface area contributed by atoms with Crippen LogP contribution in [-0.2, 0) is 6.42 Å². The molecule has 94 valence electrons. The van der Waals surface area contributed by atoms with Gasteiger partial charge >= 0.3 is 0 Å². The molecule has 0 saturated heterocycles. The summed E-state index contributed by atoms with van der Waals surface area (Å²) in [6.07, 6.45) is 1.90. The van der Waals surface area contributed by atoms with E-state index in [1.165, 1.54) is 0 Å². The predicted octanol–water partition coefficient (Wildman–Crippen LogP) is 2.21. The van der Waals surface area contributed by atoms with Gasteiger partial charge in [-0.2, -0.15) is 0 Å². The van der Waals surface area contributed by atoms with Gasteiger partial charge in [0.15, 0.2) is 0 Å². The van der Waals surface area contributed by atoms with Crippen molar-refractivity contribution < 1.29 is 14.9 Å². The van der Waals surface area contributed by atoms with Gasteiger partial charge in [0.2, 0.25) is 0 Å². The number of rotatable bonds is 4. The zero-order chi connectivity index (χ0) is 12.5. The molecule has 2 N–H and O–H groups in total. The van der Waals surface area contributed by atoms with Crippen LogP contribution in [0, 0.1) is 0 Å². The fraction of sp³-hybridized carbons (Fsp3) is 0.571. The normalized spacial score (nSPS) is 19.2. The standard InChI is InChI=1S/C14H20O3/c1-14(2,16)8-9-17-13-5-3-4-10-11(13)6-7-12(10)15/h3-5,12,15-16H,6-9H2,1-2H3. The van der Waals surface area contributed by atoms with Crippen molar-refractivity contribution in [2.75, 3.05) is 6.61 Å². The summed E-state index contributed by atoms with van der Waals surface area (Å²) in [5.41, 5.74) is 1.42. The van der Waals surface area contributed by atoms with Crippen molar-refractivity contribution in [2.45, 2.75) is 44.8 Å². The summed E-state index contributed by atoms with van der Waals surface area (Å²) in [6.45, 7) is 4.04. The number of fused-ring (bicyclic) bond motifs is 1. The summed E-state index contributed by atoms with van der Waals surface area (Å²) < 4.78 is 5.70. The highest BCUT2D eigenvalue weighted by molar-refractivity contribution is 5.44. The fourth-order valence-corrected chi connectivity index (χ4v) is 2.14. The van der Waals surface area contributed by atoms with E-state index in [2.05, 4.69) is 0 Å². The second kappa shape index (κ2) is 4.67. The number of ether oxygens (including phenoxy) is 1. The first kappa shape index (κ1) is 12.4. The highest BCUT2D eigenvalue weighted by atomic mass is 16.5. The van der Waals surface area contributed by atoms with Crippen LogP contribution in [0.2, 0.25) is 0 Å². The van der Waals surface area contributed by atoms with Gasteiger partial charge in [0.1, 0.15) is 5.75 Å². The highest BCUT2D eigenvalue weighted by Crippen LogP contribution is 2.36. The molecule has 3 heteroatoms. The van der Waals surface area contributed by atoms with Crippen molar-refractivity contribution in [3.63, 3.8) is 0 Å². The minimum atomic E-state index is -0.697. The molecule has 0 aromatic heterocycles. The fourth-order valence-electron chi connectivity index (χ4n) is 2.14. The van der Waals surface area contributed by atoms with Gasteiger partial charge in [-0.1, -0.05) is 12.1 Å². The largest absolute Gasteiger partial charge is 0.493 e. The zero-order valence-electron chi connectivity index (χ0n) is 10.4. The van der Waals surface area contributed by atoms with Gasteiger partial charge in [-0.25, -0.2) is 0 Å². The molecule has 17 heavy (non-hydrogen) atoms. The van der Waals surface area contributed by atoms with Crippen LogP contribution >= 0.6 is 0 Å². The monoisotopic (exact) mass is 236 g/mol. The maximum absolute atomic E-state index is 9.76. The van der Waals surface area contributed by atoms with Crippen LogP contribution in [0.1, 0.15) is 43.9 Å². The molecule has 1 atom stereocenters. The average molecular weight is 236 g/mol. The summed E-state index contributed by atoms with van der Waals surface area (Å²) >= 11 is 0. The van der Waals surface area contributed by atoms with Gasteiger partial charge in [0.05, 0.1) is 18.3 Å². The Morgan fingerprint density at radius 3 is 2.88 bits per heavy atom. The quantitative estimate of drug-likeness (QED) is 0.842. The van der Waals surface area contributed by atoms with Gasteiger partial charge in [-0.3, -0.25) is 0 Å². The SMILES string of the molecule is CC(C)(O)CCOc1cccc2c1CCC2O. The van der Waals surface area contributed by atoms with Gasteiger partial charge in [0, 0.05) is 12.0 Å². The summed E-state index contributed by atoms with van der Waals surface area (Å²) in [5, 5.41) is 19.4. The Bertz CT molecular complexity index is 393. The minimum Gasteiger partial charge on any atom is -0.493 e. The van der Waals surface area contributed by atoms with E-state index in [9.17, 15) is 10.2 Å². The number of hydrogen-bond donors (Lipinski definition) is 2. The van der Waals surface area contributed by atoms with E-state index < -0.39 is 5.60 Å². The van der Waals surface area contributed by atoms with Crippen LogP contribution in [0.25, 0.3) is 0 Å². The average Bonchev–Trinajstić information content (AvgIpc) is 2.60. The Balaban J connectivity index is 2.03. The summed E-state index contributed by atoms with van der Waals surface area (Å²) in [5.74, 6) is 0.850. The van der Waals surface area contributed by atoms with Crippen LogP contribution in [0.3, 0.4) is 0 Å². The van der Waals surface area contributed by atoms with Gasteiger partial charge < -0.3 is 14.9 Å². The van der Waals surface area contributed by atoms with E-state index in [4.69, 9.17) is 4.74 Å². The maximum Gasteiger partial charge on any atom is 0.122 e. The smallest absolute Gasteiger partial charge is 0.122 e. The van der Waals surface area contributed by atoms with Crippen molar-refractivity contribution >= 4 is 0 Å². The van der Waals surface area contributed by atoms with Crippen LogP contribution in [0.15, 0.2) is 18.2 Å². The lowest BCUT2D eigenvalue weighted by Gasteiger charge is -2.18. The number of aliphatic hydroxyl groups excluding tert-OH is 1. The lowest BCUT2D eigenvalue weighted by atomic mass is 10.1. The molecule has 1 unspecified atom stereocenters. The van der Waals surface area contributed by atoms with E-state index in [0.717, 1.165) is 29.7 Å². The third-order valence-electron chi connectivity index (χ3n) is 3.17. The summed E-state index contributed by atoms with van der Waals surface area (Å²) in [7, 11) is 0. The van der Waals surface area contributed by atoms with Crippen molar-refractivity contribution in [1.82, 2.24) is 0 Å². The predicted molar refractivity (Wildman–Crippen MR) is 66.1 cm³/mol. The maximum atomic E-state index is 9.76. The molecule has 0 radical (unpaired) electrons. The molecule has 1 aliphatic carbocycles. The first-order chi connectivity index (χ1) is 7.97. The molecule has 0 bridgehead atoms. The Hall–Kier alpha value is -1.06. The van der Waals surface area contributed by atoms with Gasteiger partial charge in [-0.15, -0.1) is 0 Å². The molecule has 0 aliphatic heterocycles. The minimum absolute atomic E-state index is 0.345. The topological polar surface area (TPSA) is 49.7 Å². The molecule has 0 spiro atoms. The lowest BCUT2D eigenvalue weighted by molar-refractivity contribution is 0.0552. The van der Waals surface area contributed by atoms with Crippen molar-refractivity contribution in [2.24, 2.45) is 0 Å². The molecular formula is C14H20O3. The second-order valence-electron chi connectivity index (χ2n) is 5.29. The van der Waals surface area contributed by atoms with Crippen LogP contribution in [0.4, 0.5) is 0 Å². The summed E-state index contributed by atoms with van der Waals surface area (Å²) in [6, 6.07) is 5.80. The highest BCUT2D eigenvalue weighted by Gasteiger charge is 2.23. The molecule has 3 nitrogen and oxygen atoms in total. The van der Waals surface area contributed by atoms with Gasteiger partial charge in [-0.05, 0) is 38.3 Å². The molecule has 0 fully saturated rings. The second-order valence-corrected chi connectivity index (χ2v) is 5.29. The van der Waals surface area contributed by atoms with Crippen molar-refractivity contribution in [1.29, 1.82) is 0 Å². The van der Waals surface area contributed by atoms with Crippen LogP contribution in [-0.4, -0.2) is 22.4 Å². The van der Waals surface area contributed by atoms with Crippen LogP contribution in [0.5, 0.6) is 5.75 Å². The Morgan fingerprint density at radius 1 is 1.41 bits per heavy atom. The third-order valence-corrected chi connectivity index (χ3v) is 3.17. The summed E-state index contributed by atoms with van der Waals surface area (Å²) in [4.78, 5) is 0. The first-order valence-electron chi connectivity index (χ1n) is 6.12. The molecule has 1 aromatic carbocycles. The van der Waals surface area contributed by atoms with Crippen molar-refractivity contribution in [3.8, 4) is 5.75 Å². The van der Waals surface area contributed by atoms with E-state index in [-0.39, 0.29) is 6.10 Å². The number of aliphatic hydroxyl groups is 2. The zero-order valence-corrected chi connectivity index (χ0v) is 10.4. The molecule has 0 heterocycles. The molecule has 2 rings (SSSR count). The third kappa shape index (κ3) is 2.99. The number of hydrogen-bond acceptors (Lipinski definition) is 3. The Labute approximate surface area is 102 Å².